The molecule has 0 unspecified atom stereocenters. The fourth-order valence-electron chi connectivity index (χ4n) is 3.03. The number of benzene rings is 3. The summed E-state index contributed by atoms with van der Waals surface area (Å²) in [7, 11) is 1.58. The van der Waals surface area contributed by atoms with Crippen LogP contribution < -0.4 is 15.7 Å². The van der Waals surface area contributed by atoms with E-state index < -0.39 is 5.69 Å². The van der Waals surface area contributed by atoms with Crippen molar-refractivity contribution in [2.24, 2.45) is 0 Å². The van der Waals surface area contributed by atoms with E-state index in [9.17, 15) is 9.59 Å². The largest absolute Gasteiger partial charge is 0.497 e. The zero-order valence-corrected chi connectivity index (χ0v) is 15.7. The zero-order valence-electron chi connectivity index (χ0n) is 15.7. The third kappa shape index (κ3) is 3.98. The Morgan fingerprint density at radius 1 is 1.03 bits per heavy atom. The van der Waals surface area contributed by atoms with Crippen LogP contribution in [0.3, 0.4) is 0 Å². The smallest absolute Gasteiger partial charge is 0.365 e. The number of anilines is 1. The molecule has 1 amide bonds. The second kappa shape index (κ2) is 7.93. The minimum atomic E-state index is -0.591. The molecule has 29 heavy (non-hydrogen) atoms. The van der Waals surface area contributed by atoms with Crippen LogP contribution >= 0.6 is 0 Å². The second-order valence-electron chi connectivity index (χ2n) is 6.39. The van der Waals surface area contributed by atoms with Gasteiger partial charge in [-0.2, -0.15) is 10.1 Å². The Bertz CT molecular complexity index is 1230. The summed E-state index contributed by atoms with van der Waals surface area (Å²) in [4.78, 5) is 28.8. The first-order valence-electron chi connectivity index (χ1n) is 9.00. The summed E-state index contributed by atoms with van der Waals surface area (Å²) < 4.78 is 6.16. The molecule has 0 spiro atoms. The minimum absolute atomic E-state index is 0.224. The van der Waals surface area contributed by atoms with E-state index in [0.29, 0.717) is 17.1 Å². The van der Waals surface area contributed by atoms with E-state index in [2.05, 4.69) is 15.4 Å². The molecule has 0 aliphatic heterocycles. The lowest BCUT2D eigenvalue weighted by Crippen LogP contribution is -2.31. The summed E-state index contributed by atoms with van der Waals surface area (Å²) in [5.74, 6) is 0.357. The van der Waals surface area contributed by atoms with Gasteiger partial charge in [-0.15, -0.1) is 0 Å². The Balaban J connectivity index is 1.51. The third-order valence-electron chi connectivity index (χ3n) is 4.50. The van der Waals surface area contributed by atoms with Crippen molar-refractivity contribution in [2.45, 2.75) is 6.54 Å². The van der Waals surface area contributed by atoms with Crippen molar-refractivity contribution in [2.75, 3.05) is 12.4 Å². The number of fused-ring (bicyclic) bond motifs is 1. The normalized spacial score (nSPS) is 10.7. The van der Waals surface area contributed by atoms with Gasteiger partial charge in [0.25, 0.3) is 0 Å². The second-order valence-corrected chi connectivity index (χ2v) is 6.39. The van der Waals surface area contributed by atoms with Crippen molar-refractivity contribution >= 4 is 22.4 Å². The highest BCUT2D eigenvalue weighted by Crippen LogP contribution is 2.23. The molecule has 0 fully saturated rings. The number of amides is 1. The molecule has 4 aromatic rings. The van der Waals surface area contributed by atoms with Gasteiger partial charge in [0.2, 0.25) is 5.91 Å². The first-order valence-corrected chi connectivity index (χ1v) is 9.00. The monoisotopic (exact) mass is 386 g/mol. The van der Waals surface area contributed by atoms with Crippen molar-refractivity contribution in [1.82, 2.24) is 14.8 Å². The first-order chi connectivity index (χ1) is 14.1. The molecule has 0 aliphatic rings. The Kier molecular flexibility index (Phi) is 5.03. The van der Waals surface area contributed by atoms with Crippen molar-refractivity contribution in [3.8, 4) is 17.0 Å². The summed E-state index contributed by atoms with van der Waals surface area (Å²) in [6.45, 7) is -0.224. The van der Waals surface area contributed by atoms with Gasteiger partial charge >= 0.3 is 5.69 Å². The van der Waals surface area contributed by atoms with Crippen molar-refractivity contribution < 1.29 is 9.53 Å². The molecule has 1 aromatic heterocycles. The predicted octanol–water partition coefficient (Wildman–Crippen LogP) is 3.11. The highest BCUT2D eigenvalue weighted by molar-refractivity contribution is 6.01. The number of rotatable bonds is 5. The maximum absolute atomic E-state index is 12.5. The van der Waals surface area contributed by atoms with Crippen LogP contribution in [0.5, 0.6) is 5.75 Å². The molecule has 144 valence electrons. The van der Waals surface area contributed by atoms with E-state index in [4.69, 9.17) is 4.74 Å². The maximum Gasteiger partial charge on any atom is 0.365 e. The van der Waals surface area contributed by atoms with Crippen molar-refractivity contribution in [3.63, 3.8) is 0 Å². The molecule has 0 bridgehead atoms. The summed E-state index contributed by atoms with van der Waals surface area (Å²) >= 11 is 0. The molecule has 7 heteroatoms. The summed E-state index contributed by atoms with van der Waals surface area (Å²) in [5.41, 5.74) is 1.27. The number of hydrogen-bond donors (Lipinski definition) is 1. The summed E-state index contributed by atoms with van der Waals surface area (Å²) in [6, 6.07) is 20.5. The quantitative estimate of drug-likeness (QED) is 0.570. The third-order valence-corrected chi connectivity index (χ3v) is 4.50. The Morgan fingerprint density at radius 2 is 1.79 bits per heavy atom. The average molecular weight is 386 g/mol. The van der Waals surface area contributed by atoms with E-state index in [1.165, 1.54) is 6.20 Å². The van der Waals surface area contributed by atoms with Crippen LogP contribution in [0, 0.1) is 0 Å². The predicted molar refractivity (Wildman–Crippen MR) is 111 cm³/mol. The Labute approximate surface area is 166 Å². The van der Waals surface area contributed by atoms with E-state index in [-0.39, 0.29) is 12.5 Å². The Morgan fingerprint density at radius 3 is 2.55 bits per heavy atom. The van der Waals surface area contributed by atoms with Crippen LogP contribution in [-0.4, -0.2) is 27.8 Å². The molecular weight excluding hydrogens is 368 g/mol. The standard InChI is InChI=1S/C22H18N4O3/c1-29-17-11-9-16(10-12-17)20-13-23-26(22(28)25-20)14-21(27)24-19-8-4-6-15-5-2-3-7-18(15)19/h2-13H,14H2,1H3,(H,24,27). The number of methoxy groups -OCH3 is 1. The number of carbonyl (C=O) groups is 1. The fraction of sp³-hybridized carbons (Fsp3) is 0.0909. The molecule has 1 N–H and O–H groups in total. The molecule has 0 aliphatic carbocycles. The SMILES string of the molecule is COc1ccc(-c2cnn(CC(=O)Nc3cccc4ccccc34)c(=O)n2)cc1. The van der Waals surface area contributed by atoms with Gasteiger partial charge in [0.05, 0.1) is 19.0 Å². The van der Waals surface area contributed by atoms with Gasteiger partial charge < -0.3 is 10.1 Å². The van der Waals surface area contributed by atoms with E-state index in [1.54, 1.807) is 31.4 Å². The van der Waals surface area contributed by atoms with Crippen molar-refractivity contribution in [1.29, 1.82) is 0 Å². The Hall–Kier alpha value is -4.00. The van der Waals surface area contributed by atoms with Gasteiger partial charge in [-0.3, -0.25) is 4.79 Å². The first kappa shape index (κ1) is 18.4. The lowest BCUT2D eigenvalue weighted by Gasteiger charge is -2.09. The van der Waals surface area contributed by atoms with E-state index >= 15 is 0 Å². The number of aromatic nitrogens is 3. The maximum atomic E-state index is 12.5. The minimum Gasteiger partial charge on any atom is -0.497 e. The molecule has 0 radical (unpaired) electrons. The molecule has 7 nitrogen and oxygen atoms in total. The molecular formula is C22H18N4O3. The summed E-state index contributed by atoms with van der Waals surface area (Å²) in [6.07, 6.45) is 1.47. The number of hydrogen-bond acceptors (Lipinski definition) is 5. The molecule has 1 heterocycles. The zero-order chi connectivity index (χ0) is 20.2. The molecule has 0 saturated carbocycles. The highest BCUT2D eigenvalue weighted by atomic mass is 16.5. The molecule has 0 saturated heterocycles. The van der Waals surface area contributed by atoms with Gasteiger partial charge in [0.1, 0.15) is 12.3 Å². The average Bonchev–Trinajstić information content (AvgIpc) is 2.75. The summed E-state index contributed by atoms with van der Waals surface area (Å²) in [5, 5.41) is 8.88. The lowest BCUT2D eigenvalue weighted by atomic mass is 10.1. The van der Waals surface area contributed by atoms with Gasteiger partial charge in [-0.05, 0) is 35.7 Å². The molecule has 0 atom stereocenters. The number of carbonyl (C=O) groups excluding carboxylic acids is 1. The molecule has 3 aromatic carbocycles. The van der Waals surface area contributed by atoms with E-state index in [1.807, 2.05) is 42.5 Å². The topological polar surface area (TPSA) is 86.1 Å². The lowest BCUT2D eigenvalue weighted by molar-refractivity contribution is -0.117. The van der Waals surface area contributed by atoms with Crippen LogP contribution in [0.4, 0.5) is 5.69 Å². The molecule has 4 rings (SSSR count). The van der Waals surface area contributed by atoms with Crippen LogP contribution in [0.2, 0.25) is 0 Å². The number of nitrogens with zero attached hydrogens (tertiary/aromatic N) is 3. The van der Waals surface area contributed by atoms with Crippen LogP contribution in [0.1, 0.15) is 0 Å². The van der Waals surface area contributed by atoms with Gasteiger partial charge in [0, 0.05) is 16.6 Å². The highest BCUT2D eigenvalue weighted by Gasteiger charge is 2.10. The number of ether oxygens (including phenoxy) is 1. The van der Waals surface area contributed by atoms with Gasteiger partial charge in [-0.1, -0.05) is 36.4 Å². The van der Waals surface area contributed by atoms with Crippen LogP contribution in [0.15, 0.2) is 77.7 Å². The number of nitrogens with one attached hydrogen (secondary N) is 1. The van der Waals surface area contributed by atoms with E-state index in [0.717, 1.165) is 21.0 Å². The fourth-order valence-corrected chi connectivity index (χ4v) is 3.03. The van der Waals surface area contributed by atoms with Gasteiger partial charge in [-0.25, -0.2) is 9.48 Å². The van der Waals surface area contributed by atoms with Gasteiger partial charge in [0.15, 0.2) is 0 Å². The van der Waals surface area contributed by atoms with Crippen LogP contribution in [-0.2, 0) is 11.3 Å². The van der Waals surface area contributed by atoms with Crippen molar-refractivity contribution in [3.05, 3.63) is 83.4 Å². The van der Waals surface area contributed by atoms with Crippen LogP contribution in [0.25, 0.3) is 22.0 Å².